The van der Waals surface area contributed by atoms with Crippen molar-refractivity contribution in [1.82, 2.24) is 0 Å². The van der Waals surface area contributed by atoms with Gasteiger partial charge in [0.05, 0.1) is 28.8 Å². The minimum Gasteiger partial charge on any atom is -0.483 e. The van der Waals surface area contributed by atoms with Crippen molar-refractivity contribution in [3.63, 3.8) is 0 Å². The number of benzene rings is 1. The molecule has 2 aromatic heterocycles. The number of thiophene rings is 1. The fraction of sp³-hybridized carbons (Fsp3) is 0.261. The average Bonchev–Trinajstić information content (AvgIpc) is 3.38. The molecule has 0 atom stereocenters. The van der Waals surface area contributed by atoms with E-state index in [1.165, 1.54) is 18.2 Å². The van der Waals surface area contributed by atoms with E-state index in [9.17, 15) is 14.4 Å². The monoisotopic (exact) mass is 559 g/mol. The van der Waals surface area contributed by atoms with Crippen molar-refractivity contribution in [3.05, 3.63) is 66.9 Å². The number of furan rings is 1. The number of hydrogen-bond donors (Lipinski definition) is 1. The van der Waals surface area contributed by atoms with Crippen LogP contribution in [-0.2, 0) is 16.1 Å². The molecular formula is C23H20Cl3NO7S. The van der Waals surface area contributed by atoms with E-state index >= 15 is 0 Å². The van der Waals surface area contributed by atoms with E-state index in [0.29, 0.717) is 16.3 Å². The normalized spacial score (nSPS) is 10.7. The molecular weight excluding hydrogens is 541 g/mol. The number of nitrogens with one attached hydrogen (secondary N) is 1. The summed E-state index contributed by atoms with van der Waals surface area (Å²) in [6, 6.07) is 5.96. The third-order valence-corrected chi connectivity index (χ3v) is 6.49. The van der Waals surface area contributed by atoms with Gasteiger partial charge in [0.2, 0.25) is 0 Å². The molecule has 0 saturated carbocycles. The lowest BCUT2D eigenvalue weighted by Gasteiger charge is -2.09. The van der Waals surface area contributed by atoms with Crippen LogP contribution in [-0.4, -0.2) is 31.1 Å². The van der Waals surface area contributed by atoms with Gasteiger partial charge in [-0.3, -0.25) is 4.79 Å². The van der Waals surface area contributed by atoms with Crippen molar-refractivity contribution >= 4 is 69.0 Å². The van der Waals surface area contributed by atoms with Crippen LogP contribution in [0.15, 0.2) is 28.7 Å². The Balaban J connectivity index is 1.78. The average molecular weight is 561 g/mol. The topological polar surface area (TPSA) is 104 Å². The molecule has 1 N–H and O–H groups in total. The first-order valence-electron chi connectivity index (χ1n) is 10.3. The third kappa shape index (κ3) is 6.29. The molecule has 186 valence electrons. The van der Waals surface area contributed by atoms with Gasteiger partial charge in [-0.25, -0.2) is 9.59 Å². The predicted octanol–water partition coefficient (Wildman–Crippen LogP) is 6.79. The highest BCUT2D eigenvalue weighted by Crippen LogP contribution is 2.37. The van der Waals surface area contributed by atoms with E-state index in [0.717, 1.165) is 11.3 Å². The Morgan fingerprint density at radius 2 is 1.63 bits per heavy atom. The molecule has 35 heavy (non-hydrogen) atoms. The predicted molar refractivity (Wildman–Crippen MR) is 133 cm³/mol. The Kier molecular flexibility index (Phi) is 9.07. The van der Waals surface area contributed by atoms with Crippen LogP contribution in [0.3, 0.4) is 0 Å². The van der Waals surface area contributed by atoms with Gasteiger partial charge in [0.15, 0.2) is 11.5 Å². The van der Waals surface area contributed by atoms with Crippen LogP contribution in [0.4, 0.5) is 5.00 Å². The molecule has 1 aromatic carbocycles. The van der Waals surface area contributed by atoms with Gasteiger partial charge < -0.3 is 23.9 Å². The lowest BCUT2D eigenvalue weighted by Crippen LogP contribution is -2.14. The number of esters is 2. The molecule has 0 aliphatic rings. The molecule has 3 rings (SSSR count). The van der Waals surface area contributed by atoms with Gasteiger partial charge in [-0.05, 0) is 50.6 Å². The maximum absolute atomic E-state index is 12.8. The number of halogens is 3. The highest BCUT2D eigenvalue weighted by atomic mass is 35.5. The fourth-order valence-electron chi connectivity index (χ4n) is 2.99. The summed E-state index contributed by atoms with van der Waals surface area (Å²) < 4.78 is 21.3. The summed E-state index contributed by atoms with van der Waals surface area (Å²) in [6.07, 6.45) is 0. The van der Waals surface area contributed by atoms with Gasteiger partial charge in [0.1, 0.15) is 22.2 Å². The van der Waals surface area contributed by atoms with Crippen LogP contribution >= 0.6 is 46.1 Å². The van der Waals surface area contributed by atoms with E-state index in [1.54, 1.807) is 26.8 Å². The number of carbonyl (C=O) groups is 3. The summed E-state index contributed by atoms with van der Waals surface area (Å²) in [5.74, 6) is -1.41. The lowest BCUT2D eigenvalue weighted by atomic mass is 10.1. The zero-order chi connectivity index (χ0) is 25.7. The number of hydrogen-bond acceptors (Lipinski definition) is 8. The first-order valence-corrected chi connectivity index (χ1v) is 12.3. The van der Waals surface area contributed by atoms with Gasteiger partial charge in [-0.1, -0.05) is 34.8 Å². The van der Waals surface area contributed by atoms with Crippen LogP contribution in [0, 0.1) is 6.92 Å². The Bertz CT molecular complexity index is 1250. The van der Waals surface area contributed by atoms with Crippen molar-refractivity contribution in [1.29, 1.82) is 0 Å². The molecule has 0 radical (unpaired) electrons. The molecule has 0 bridgehead atoms. The first-order chi connectivity index (χ1) is 16.7. The number of amides is 1. The molecule has 0 fully saturated rings. The molecule has 2 heterocycles. The molecule has 0 unspecified atom stereocenters. The zero-order valence-corrected chi connectivity index (χ0v) is 21.9. The minimum atomic E-state index is -0.669. The molecule has 1 amide bonds. The summed E-state index contributed by atoms with van der Waals surface area (Å²) in [4.78, 5) is 37.8. The van der Waals surface area contributed by atoms with Crippen molar-refractivity contribution in [2.75, 3.05) is 18.5 Å². The standard InChI is InChI=1S/C23H20Cl3NO7S/c1-4-31-22(29)17-11(3)19(23(30)32-5-2)35-21(17)27-20(28)16-7-6-13(34-16)10-33-18-14(25)8-12(24)9-15(18)26/h6-9H,4-5,10H2,1-3H3,(H,27,28). The number of ether oxygens (including phenoxy) is 3. The van der Waals surface area contributed by atoms with Crippen molar-refractivity contribution in [2.45, 2.75) is 27.4 Å². The van der Waals surface area contributed by atoms with Crippen LogP contribution in [0.2, 0.25) is 15.1 Å². The summed E-state index contributed by atoms with van der Waals surface area (Å²) in [6.45, 7) is 5.13. The van der Waals surface area contributed by atoms with Crippen LogP contribution in [0.5, 0.6) is 5.75 Å². The summed E-state index contributed by atoms with van der Waals surface area (Å²) in [5.41, 5.74) is 0.433. The Morgan fingerprint density at radius 3 is 2.26 bits per heavy atom. The largest absolute Gasteiger partial charge is 0.483 e. The third-order valence-electron chi connectivity index (χ3n) is 4.52. The SMILES string of the molecule is CCOC(=O)c1sc(NC(=O)c2ccc(COc3c(Cl)cc(Cl)cc3Cl)o2)c(C(=O)OCC)c1C. The molecule has 0 aliphatic heterocycles. The second-order valence-electron chi connectivity index (χ2n) is 6.91. The fourth-order valence-corrected chi connectivity index (χ4v) is 5.00. The van der Waals surface area contributed by atoms with E-state index in [-0.39, 0.29) is 56.8 Å². The molecule has 0 spiro atoms. The maximum Gasteiger partial charge on any atom is 0.348 e. The molecule has 3 aromatic rings. The van der Waals surface area contributed by atoms with Gasteiger partial charge in [-0.15, -0.1) is 11.3 Å². The summed E-state index contributed by atoms with van der Waals surface area (Å²) >= 11 is 19.0. The molecule has 8 nitrogen and oxygen atoms in total. The lowest BCUT2D eigenvalue weighted by molar-refractivity contribution is 0.0527. The Labute approximate surface area is 220 Å². The maximum atomic E-state index is 12.8. The smallest absolute Gasteiger partial charge is 0.348 e. The molecule has 0 aliphatic carbocycles. The van der Waals surface area contributed by atoms with Gasteiger partial charge >= 0.3 is 11.9 Å². The van der Waals surface area contributed by atoms with Crippen LogP contribution < -0.4 is 10.1 Å². The quantitative estimate of drug-likeness (QED) is 0.287. The van der Waals surface area contributed by atoms with Gasteiger partial charge in [0, 0.05) is 5.02 Å². The first kappa shape index (κ1) is 26.9. The number of carbonyl (C=O) groups excluding carboxylic acids is 3. The second-order valence-corrected chi connectivity index (χ2v) is 9.18. The van der Waals surface area contributed by atoms with Gasteiger partial charge in [-0.2, -0.15) is 0 Å². The highest BCUT2D eigenvalue weighted by molar-refractivity contribution is 7.18. The molecule has 12 heteroatoms. The van der Waals surface area contributed by atoms with E-state index < -0.39 is 17.8 Å². The van der Waals surface area contributed by atoms with E-state index in [4.69, 9.17) is 53.4 Å². The van der Waals surface area contributed by atoms with Crippen molar-refractivity contribution in [3.8, 4) is 5.75 Å². The number of rotatable bonds is 9. The molecule has 0 saturated heterocycles. The Morgan fingerprint density at radius 1 is 1.00 bits per heavy atom. The minimum absolute atomic E-state index is 0.0459. The Hall–Kier alpha value is -2.72. The van der Waals surface area contributed by atoms with Crippen molar-refractivity contribution < 1.29 is 33.0 Å². The highest BCUT2D eigenvalue weighted by Gasteiger charge is 2.28. The zero-order valence-electron chi connectivity index (χ0n) is 18.8. The number of anilines is 1. The van der Waals surface area contributed by atoms with E-state index in [1.807, 2.05) is 0 Å². The van der Waals surface area contributed by atoms with Crippen LogP contribution in [0.25, 0.3) is 0 Å². The van der Waals surface area contributed by atoms with Crippen LogP contribution in [0.1, 0.15) is 55.8 Å². The second kappa shape index (κ2) is 11.8. The van der Waals surface area contributed by atoms with Crippen molar-refractivity contribution in [2.24, 2.45) is 0 Å². The summed E-state index contributed by atoms with van der Waals surface area (Å²) in [5, 5.41) is 3.57. The van der Waals surface area contributed by atoms with Gasteiger partial charge in [0.25, 0.3) is 5.91 Å². The summed E-state index contributed by atoms with van der Waals surface area (Å²) in [7, 11) is 0. The van der Waals surface area contributed by atoms with E-state index in [2.05, 4.69) is 5.32 Å².